The maximum atomic E-state index is 14.3. The number of halogens is 1. The number of hydrogen-bond donors (Lipinski definition) is 0. The summed E-state index contributed by atoms with van der Waals surface area (Å²) in [5, 5.41) is 6.73. The second kappa shape index (κ2) is 11.7. The fourth-order valence-corrected chi connectivity index (χ4v) is 7.13. The molecule has 40 heavy (non-hydrogen) atoms. The number of benzene rings is 3. The molecule has 0 aliphatic carbocycles. The second-order valence-corrected chi connectivity index (χ2v) is 12.4. The lowest BCUT2D eigenvalue weighted by Gasteiger charge is -2.36. The summed E-state index contributed by atoms with van der Waals surface area (Å²) in [5.74, 6) is 0.495. The number of aryl methyl sites for hydroxylation is 1. The summed E-state index contributed by atoms with van der Waals surface area (Å²) in [5.41, 5.74) is 2.20. The molecule has 212 valence electrons. The van der Waals surface area contributed by atoms with Crippen LogP contribution in [0.1, 0.15) is 38.4 Å². The van der Waals surface area contributed by atoms with Crippen LogP contribution in [-0.2, 0) is 16.6 Å². The van der Waals surface area contributed by atoms with E-state index < -0.39 is 10.0 Å². The van der Waals surface area contributed by atoms with Crippen LogP contribution in [0.2, 0.25) is 0 Å². The van der Waals surface area contributed by atoms with E-state index in [1.165, 1.54) is 12.1 Å². The highest BCUT2D eigenvalue weighted by atomic mass is 32.2. The molecule has 1 aliphatic rings. The predicted octanol–water partition coefficient (Wildman–Crippen LogP) is 5.60. The molecule has 1 unspecified atom stereocenters. The number of fused-ring (bicyclic) bond motifs is 1. The standard InChI is InChI=1S/C31H38FN5O2S/c1-5-23(3)36(40(38,39)29-15-14-25-10-7-8-11-26(25)20-29)22-30-24(4)33-37(28-13-9-12-27(32)21-28)31(30)35-18-16-34(6-2)17-19-35/h7-15,20-21,23H,5-6,16-19,22H2,1-4H3. The Kier molecular flexibility index (Phi) is 8.26. The third-order valence-corrected chi connectivity index (χ3v) is 10.0. The van der Waals surface area contributed by atoms with Crippen molar-refractivity contribution >= 4 is 26.6 Å². The smallest absolute Gasteiger partial charge is 0.243 e. The first kappa shape index (κ1) is 28.3. The normalized spacial score (nSPS) is 15.7. The first-order valence-electron chi connectivity index (χ1n) is 14.0. The highest BCUT2D eigenvalue weighted by molar-refractivity contribution is 7.89. The van der Waals surface area contributed by atoms with Crippen LogP contribution in [0, 0.1) is 12.7 Å². The Hall–Kier alpha value is -3.27. The first-order chi connectivity index (χ1) is 19.2. The fourth-order valence-electron chi connectivity index (χ4n) is 5.42. The zero-order chi connectivity index (χ0) is 28.4. The van der Waals surface area contributed by atoms with Crippen LogP contribution in [0.3, 0.4) is 0 Å². The molecule has 0 radical (unpaired) electrons. The van der Waals surface area contributed by atoms with Gasteiger partial charge >= 0.3 is 0 Å². The molecule has 1 aromatic heterocycles. The molecule has 3 aromatic carbocycles. The largest absolute Gasteiger partial charge is 0.354 e. The van der Waals surface area contributed by atoms with Crippen molar-refractivity contribution in [1.29, 1.82) is 0 Å². The van der Waals surface area contributed by atoms with Crippen LogP contribution >= 0.6 is 0 Å². The van der Waals surface area contributed by atoms with Crippen molar-refractivity contribution < 1.29 is 12.8 Å². The molecular formula is C31H38FN5O2S. The van der Waals surface area contributed by atoms with Gasteiger partial charge in [-0.25, -0.2) is 17.5 Å². The van der Waals surface area contributed by atoms with Crippen molar-refractivity contribution in [3.8, 4) is 5.69 Å². The van der Waals surface area contributed by atoms with Crippen molar-refractivity contribution in [1.82, 2.24) is 19.0 Å². The number of likely N-dealkylation sites (N-methyl/N-ethyl adjacent to an activating group) is 1. The third kappa shape index (κ3) is 5.50. The lowest BCUT2D eigenvalue weighted by Crippen LogP contribution is -2.47. The van der Waals surface area contributed by atoms with E-state index in [9.17, 15) is 12.8 Å². The molecule has 7 nitrogen and oxygen atoms in total. The number of rotatable bonds is 9. The molecule has 1 fully saturated rings. The molecule has 5 rings (SSSR count). The van der Waals surface area contributed by atoms with Gasteiger partial charge in [-0.1, -0.05) is 50.2 Å². The van der Waals surface area contributed by atoms with Gasteiger partial charge in [0.15, 0.2) is 0 Å². The highest BCUT2D eigenvalue weighted by Crippen LogP contribution is 2.33. The molecule has 1 saturated heterocycles. The van der Waals surface area contributed by atoms with Crippen LogP contribution in [0.5, 0.6) is 0 Å². The first-order valence-corrected chi connectivity index (χ1v) is 15.5. The summed E-state index contributed by atoms with van der Waals surface area (Å²) in [7, 11) is -3.83. The number of hydrogen-bond acceptors (Lipinski definition) is 5. The van der Waals surface area contributed by atoms with E-state index in [0.29, 0.717) is 12.1 Å². The van der Waals surface area contributed by atoms with Crippen molar-refractivity contribution in [2.75, 3.05) is 37.6 Å². The van der Waals surface area contributed by atoms with Gasteiger partial charge in [-0.15, -0.1) is 0 Å². The average Bonchev–Trinajstić information content (AvgIpc) is 3.30. The number of nitrogens with zero attached hydrogens (tertiary/aromatic N) is 5. The molecule has 1 aliphatic heterocycles. The van der Waals surface area contributed by atoms with E-state index in [2.05, 4.69) is 16.7 Å². The van der Waals surface area contributed by atoms with E-state index in [-0.39, 0.29) is 23.3 Å². The molecular weight excluding hydrogens is 525 g/mol. The van der Waals surface area contributed by atoms with E-state index in [1.54, 1.807) is 27.2 Å². The summed E-state index contributed by atoms with van der Waals surface area (Å²) >= 11 is 0. The molecule has 0 spiro atoms. The van der Waals surface area contributed by atoms with Gasteiger partial charge in [0.25, 0.3) is 0 Å². The van der Waals surface area contributed by atoms with E-state index in [0.717, 1.165) is 60.6 Å². The summed E-state index contributed by atoms with van der Waals surface area (Å²) < 4.78 is 46.1. The van der Waals surface area contributed by atoms with Crippen LogP contribution in [0.15, 0.2) is 71.6 Å². The SMILES string of the molecule is CCC(C)N(Cc1c(C)nn(-c2cccc(F)c2)c1N1CCN(CC)CC1)S(=O)(=O)c1ccc2ccccc2c1. The minimum Gasteiger partial charge on any atom is -0.354 e. The maximum Gasteiger partial charge on any atom is 0.243 e. The Morgan fingerprint density at radius 1 is 0.950 bits per heavy atom. The molecule has 0 amide bonds. The van der Waals surface area contributed by atoms with Gasteiger partial charge in [-0.2, -0.15) is 9.40 Å². The van der Waals surface area contributed by atoms with Crippen LogP contribution in [-0.4, -0.2) is 66.2 Å². The summed E-state index contributed by atoms with van der Waals surface area (Å²) in [6.45, 7) is 12.5. The lowest BCUT2D eigenvalue weighted by atomic mass is 10.1. The number of anilines is 1. The summed E-state index contributed by atoms with van der Waals surface area (Å²) in [4.78, 5) is 4.94. The van der Waals surface area contributed by atoms with Gasteiger partial charge in [0.05, 0.1) is 16.3 Å². The molecule has 9 heteroatoms. The Morgan fingerprint density at radius 2 is 1.68 bits per heavy atom. The van der Waals surface area contributed by atoms with E-state index >= 15 is 0 Å². The highest BCUT2D eigenvalue weighted by Gasteiger charge is 2.33. The Balaban J connectivity index is 1.60. The van der Waals surface area contributed by atoms with Crippen LogP contribution in [0.25, 0.3) is 16.5 Å². The molecule has 4 aromatic rings. The van der Waals surface area contributed by atoms with Crippen molar-refractivity contribution in [3.63, 3.8) is 0 Å². The van der Waals surface area contributed by atoms with Crippen molar-refractivity contribution in [3.05, 3.63) is 83.8 Å². The second-order valence-electron chi connectivity index (χ2n) is 10.5. The van der Waals surface area contributed by atoms with Gasteiger partial charge in [-0.05, 0) is 67.9 Å². The van der Waals surface area contributed by atoms with Gasteiger partial charge in [-0.3, -0.25) is 0 Å². The zero-order valence-corrected chi connectivity index (χ0v) is 24.5. The van der Waals surface area contributed by atoms with Crippen molar-refractivity contribution in [2.45, 2.75) is 51.6 Å². The molecule has 1 atom stereocenters. The zero-order valence-electron chi connectivity index (χ0n) is 23.7. The fraction of sp³-hybridized carbons (Fsp3) is 0.387. The van der Waals surface area contributed by atoms with Gasteiger partial charge in [0.1, 0.15) is 11.6 Å². The molecule has 0 saturated carbocycles. The number of aromatic nitrogens is 2. The average molecular weight is 564 g/mol. The van der Waals surface area contributed by atoms with Crippen molar-refractivity contribution in [2.24, 2.45) is 0 Å². The molecule has 0 bridgehead atoms. The van der Waals surface area contributed by atoms with E-state index in [1.807, 2.05) is 57.2 Å². The monoisotopic (exact) mass is 563 g/mol. The minimum absolute atomic E-state index is 0.175. The Labute approximate surface area is 236 Å². The van der Waals surface area contributed by atoms with E-state index in [4.69, 9.17) is 5.10 Å². The van der Waals surface area contributed by atoms with Gasteiger partial charge in [0, 0.05) is 44.3 Å². The Morgan fingerprint density at radius 3 is 2.35 bits per heavy atom. The minimum atomic E-state index is -3.83. The molecule has 0 N–H and O–H groups in total. The Bertz CT molecular complexity index is 1590. The van der Waals surface area contributed by atoms with Crippen LogP contribution in [0.4, 0.5) is 10.2 Å². The molecule has 2 heterocycles. The number of sulfonamides is 1. The van der Waals surface area contributed by atoms with Gasteiger partial charge in [0.2, 0.25) is 10.0 Å². The topological polar surface area (TPSA) is 61.7 Å². The third-order valence-electron chi connectivity index (χ3n) is 8.05. The van der Waals surface area contributed by atoms with Crippen LogP contribution < -0.4 is 4.90 Å². The number of piperazine rings is 1. The lowest BCUT2D eigenvalue weighted by molar-refractivity contribution is 0.269. The summed E-state index contributed by atoms with van der Waals surface area (Å²) in [6.07, 6.45) is 0.661. The predicted molar refractivity (Wildman–Crippen MR) is 159 cm³/mol. The quantitative estimate of drug-likeness (QED) is 0.265. The maximum absolute atomic E-state index is 14.3. The van der Waals surface area contributed by atoms with Gasteiger partial charge < -0.3 is 9.80 Å². The summed E-state index contributed by atoms with van der Waals surface area (Å²) in [6, 6.07) is 19.3.